The van der Waals surface area contributed by atoms with Gasteiger partial charge in [-0.2, -0.15) is 0 Å². The van der Waals surface area contributed by atoms with Crippen LogP contribution in [0.2, 0.25) is 0 Å². The van der Waals surface area contributed by atoms with Crippen LogP contribution in [0.5, 0.6) is 0 Å². The Labute approximate surface area is 171 Å². The molecule has 0 saturated carbocycles. The summed E-state index contributed by atoms with van der Waals surface area (Å²) in [6.45, 7) is 4.21. The van der Waals surface area contributed by atoms with Crippen molar-refractivity contribution in [2.45, 2.75) is 44.8 Å². The van der Waals surface area contributed by atoms with Gasteiger partial charge in [-0.3, -0.25) is 10.1 Å². The Morgan fingerprint density at radius 1 is 1.23 bits per heavy atom. The summed E-state index contributed by atoms with van der Waals surface area (Å²) in [5.41, 5.74) is 1.08. The van der Waals surface area contributed by atoms with Crippen molar-refractivity contribution in [1.82, 2.24) is 10.2 Å². The summed E-state index contributed by atoms with van der Waals surface area (Å²) in [6, 6.07) is 6.61. The summed E-state index contributed by atoms with van der Waals surface area (Å²) in [7, 11) is 0. The Kier molecular flexibility index (Phi) is 8.56. The van der Waals surface area contributed by atoms with Gasteiger partial charge in [0.25, 0.3) is 5.69 Å². The number of halogens is 1. The number of nitro benzene ring substituents is 1. The lowest BCUT2D eigenvalue weighted by Gasteiger charge is -2.26. The van der Waals surface area contributed by atoms with Crippen molar-refractivity contribution >= 4 is 35.6 Å². The average molecular weight is 474 g/mol. The molecule has 0 aromatic heterocycles. The fourth-order valence-corrected chi connectivity index (χ4v) is 3.26. The Bertz CT molecular complexity index is 597. The van der Waals surface area contributed by atoms with Crippen LogP contribution in [0.15, 0.2) is 29.3 Å². The van der Waals surface area contributed by atoms with Crippen LogP contribution in [-0.4, -0.2) is 48.1 Å². The third-order valence-electron chi connectivity index (χ3n) is 4.73. The summed E-state index contributed by atoms with van der Waals surface area (Å²) in [5.74, 6) is 0.921. The summed E-state index contributed by atoms with van der Waals surface area (Å²) in [4.78, 5) is 17.4. The zero-order chi connectivity index (χ0) is 17.5. The molecular weight excluding hydrogens is 447 g/mol. The zero-order valence-corrected chi connectivity index (χ0v) is 17.3. The molecule has 2 fully saturated rings. The van der Waals surface area contributed by atoms with Gasteiger partial charge in [0, 0.05) is 38.4 Å². The normalized spacial score (nSPS) is 20.5. The van der Waals surface area contributed by atoms with Gasteiger partial charge < -0.3 is 15.0 Å². The molecule has 1 unspecified atom stereocenters. The molecule has 26 heavy (non-hydrogen) atoms. The first-order valence-electron chi connectivity index (χ1n) is 9.10. The Morgan fingerprint density at radius 2 is 1.96 bits per heavy atom. The quantitative estimate of drug-likeness (QED) is 0.233. The van der Waals surface area contributed by atoms with E-state index in [1.807, 2.05) is 0 Å². The maximum absolute atomic E-state index is 10.7. The number of hydrogen-bond acceptors (Lipinski definition) is 4. The SMILES string of the molecule is I.O=[N+]([O-])c1ccc(CN=C(NCC2CCCCO2)N2CCCC2)cc1. The van der Waals surface area contributed by atoms with Gasteiger partial charge in [-0.15, -0.1) is 24.0 Å². The van der Waals surface area contributed by atoms with E-state index >= 15 is 0 Å². The summed E-state index contributed by atoms with van der Waals surface area (Å²) in [5, 5.41) is 14.2. The van der Waals surface area contributed by atoms with Crippen LogP contribution in [-0.2, 0) is 11.3 Å². The summed E-state index contributed by atoms with van der Waals surface area (Å²) >= 11 is 0. The topological polar surface area (TPSA) is 80.0 Å². The van der Waals surface area contributed by atoms with E-state index in [1.165, 1.54) is 31.4 Å². The minimum Gasteiger partial charge on any atom is -0.376 e. The highest BCUT2D eigenvalue weighted by Crippen LogP contribution is 2.15. The highest BCUT2D eigenvalue weighted by molar-refractivity contribution is 14.0. The maximum atomic E-state index is 10.7. The van der Waals surface area contributed by atoms with Crippen LogP contribution in [0.3, 0.4) is 0 Å². The molecule has 144 valence electrons. The number of benzene rings is 1. The highest BCUT2D eigenvalue weighted by Gasteiger charge is 2.19. The third-order valence-corrected chi connectivity index (χ3v) is 4.73. The van der Waals surface area contributed by atoms with E-state index in [2.05, 4.69) is 10.2 Å². The first-order valence-corrected chi connectivity index (χ1v) is 9.10. The lowest BCUT2D eigenvalue weighted by atomic mass is 10.1. The van der Waals surface area contributed by atoms with E-state index in [4.69, 9.17) is 9.73 Å². The minimum absolute atomic E-state index is 0. The van der Waals surface area contributed by atoms with Crippen molar-refractivity contribution in [3.05, 3.63) is 39.9 Å². The predicted octanol–water partition coefficient (Wildman–Crippen LogP) is 3.32. The monoisotopic (exact) mass is 474 g/mol. The molecule has 2 heterocycles. The lowest BCUT2D eigenvalue weighted by molar-refractivity contribution is -0.384. The molecule has 7 nitrogen and oxygen atoms in total. The zero-order valence-electron chi connectivity index (χ0n) is 14.9. The molecule has 0 amide bonds. The second kappa shape index (κ2) is 10.7. The molecule has 0 spiro atoms. The van der Waals surface area contributed by atoms with Crippen LogP contribution in [0.1, 0.15) is 37.7 Å². The van der Waals surface area contributed by atoms with Crippen molar-refractivity contribution in [2.24, 2.45) is 4.99 Å². The number of likely N-dealkylation sites (tertiary alicyclic amines) is 1. The molecule has 0 radical (unpaired) electrons. The van der Waals surface area contributed by atoms with Gasteiger partial charge >= 0.3 is 0 Å². The van der Waals surface area contributed by atoms with Gasteiger partial charge in [0.05, 0.1) is 17.6 Å². The number of nitro groups is 1. The molecule has 1 atom stereocenters. The Hall–Kier alpha value is -1.42. The summed E-state index contributed by atoms with van der Waals surface area (Å²) in [6.07, 6.45) is 6.13. The maximum Gasteiger partial charge on any atom is 0.269 e. The molecule has 2 aliphatic heterocycles. The molecule has 3 rings (SSSR count). The van der Waals surface area contributed by atoms with Crippen molar-refractivity contribution < 1.29 is 9.66 Å². The first-order chi connectivity index (χ1) is 12.2. The second-order valence-corrected chi connectivity index (χ2v) is 6.63. The molecule has 0 aliphatic carbocycles. The predicted molar refractivity (Wildman–Crippen MR) is 112 cm³/mol. The van der Waals surface area contributed by atoms with Gasteiger partial charge in [-0.05, 0) is 37.7 Å². The van der Waals surface area contributed by atoms with E-state index < -0.39 is 0 Å². The van der Waals surface area contributed by atoms with Crippen molar-refractivity contribution in [3.63, 3.8) is 0 Å². The fourth-order valence-electron chi connectivity index (χ4n) is 3.26. The number of nitrogens with one attached hydrogen (secondary N) is 1. The minimum atomic E-state index is -0.381. The summed E-state index contributed by atoms with van der Waals surface area (Å²) < 4.78 is 5.79. The number of rotatable bonds is 5. The van der Waals surface area contributed by atoms with E-state index in [0.29, 0.717) is 6.54 Å². The first kappa shape index (κ1) is 20.9. The smallest absolute Gasteiger partial charge is 0.269 e. The number of ether oxygens (including phenoxy) is 1. The largest absolute Gasteiger partial charge is 0.376 e. The van der Waals surface area contributed by atoms with Crippen LogP contribution < -0.4 is 5.32 Å². The number of nitrogens with zero attached hydrogens (tertiary/aromatic N) is 3. The molecule has 1 aromatic rings. The molecule has 1 aromatic carbocycles. The number of guanidine groups is 1. The Morgan fingerprint density at radius 3 is 2.58 bits per heavy atom. The van der Waals surface area contributed by atoms with Crippen LogP contribution in [0.4, 0.5) is 5.69 Å². The van der Waals surface area contributed by atoms with Crippen molar-refractivity contribution in [2.75, 3.05) is 26.2 Å². The third kappa shape index (κ3) is 6.08. The number of hydrogen-bond donors (Lipinski definition) is 1. The average Bonchev–Trinajstić information content (AvgIpc) is 3.17. The molecule has 0 bridgehead atoms. The second-order valence-electron chi connectivity index (χ2n) is 6.63. The van der Waals surface area contributed by atoms with Gasteiger partial charge in [-0.1, -0.05) is 12.1 Å². The van der Waals surface area contributed by atoms with E-state index in [1.54, 1.807) is 12.1 Å². The van der Waals surface area contributed by atoms with E-state index in [9.17, 15) is 10.1 Å². The molecular formula is C18H27IN4O3. The van der Waals surface area contributed by atoms with Crippen molar-refractivity contribution in [3.8, 4) is 0 Å². The number of non-ortho nitro benzene ring substituents is 1. The van der Waals surface area contributed by atoms with Crippen molar-refractivity contribution in [1.29, 1.82) is 0 Å². The highest BCUT2D eigenvalue weighted by atomic mass is 127. The molecule has 2 aliphatic rings. The van der Waals surface area contributed by atoms with Gasteiger partial charge in [0.2, 0.25) is 0 Å². The van der Waals surface area contributed by atoms with Crippen LogP contribution in [0.25, 0.3) is 0 Å². The standard InChI is InChI=1S/C18H26N4O3.HI/c23-22(24)16-8-6-15(7-9-16)13-19-18(21-10-2-3-11-21)20-14-17-5-1-4-12-25-17;/h6-9,17H,1-5,10-14H2,(H,19,20);1H. The van der Waals surface area contributed by atoms with Crippen LogP contribution >= 0.6 is 24.0 Å². The Balaban J connectivity index is 0.00000243. The van der Waals surface area contributed by atoms with E-state index in [-0.39, 0.29) is 40.7 Å². The van der Waals surface area contributed by atoms with Gasteiger partial charge in [0.15, 0.2) is 5.96 Å². The van der Waals surface area contributed by atoms with Crippen LogP contribution in [0, 0.1) is 10.1 Å². The molecule has 1 N–H and O–H groups in total. The fraction of sp³-hybridized carbons (Fsp3) is 0.611. The van der Waals surface area contributed by atoms with E-state index in [0.717, 1.165) is 50.6 Å². The molecule has 8 heteroatoms. The molecule has 2 saturated heterocycles. The lowest BCUT2D eigenvalue weighted by Crippen LogP contribution is -2.44. The number of aliphatic imine (C=N–C) groups is 1. The van der Waals surface area contributed by atoms with Gasteiger partial charge in [0.1, 0.15) is 0 Å². The van der Waals surface area contributed by atoms with Gasteiger partial charge in [-0.25, -0.2) is 4.99 Å².